The molecule has 0 bridgehead atoms. The Hall–Kier alpha value is -2.58. The Morgan fingerprint density at radius 1 is 0.783 bits per heavy atom. The molecule has 0 fully saturated rings. The predicted octanol–water partition coefficient (Wildman–Crippen LogP) is 5.00. The smallest absolute Gasteiger partial charge is 0.117 e. The van der Waals surface area contributed by atoms with Gasteiger partial charge < -0.3 is 4.42 Å². The Morgan fingerprint density at radius 3 is 2.22 bits per heavy atom. The second-order valence-corrected chi connectivity index (χ2v) is 5.55. The molecule has 1 heterocycles. The fourth-order valence-corrected chi connectivity index (χ4v) is 2.55. The Morgan fingerprint density at radius 2 is 1.52 bits per heavy atom. The van der Waals surface area contributed by atoms with Gasteiger partial charge in [-0.15, -0.1) is 0 Å². The molecule has 23 heavy (non-hydrogen) atoms. The maximum Gasteiger partial charge on any atom is 0.117 e. The van der Waals surface area contributed by atoms with E-state index in [2.05, 4.69) is 71.6 Å². The number of hydrogen-bond acceptors (Lipinski definition) is 2. The van der Waals surface area contributed by atoms with Crippen LogP contribution in [-0.2, 0) is 13.1 Å². The van der Waals surface area contributed by atoms with Gasteiger partial charge in [-0.2, -0.15) is 0 Å². The highest BCUT2D eigenvalue weighted by atomic mass is 16.3. The minimum Gasteiger partial charge on any atom is -0.468 e. The van der Waals surface area contributed by atoms with Crippen LogP contribution in [0.15, 0.2) is 89.6 Å². The van der Waals surface area contributed by atoms with Crippen LogP contribution in [0.4, 0.5) is 0 Å². The van der Waals surface area contributed by atoms with E-state index in [0.717, 1.165) is 25.4 Å². The van der Waals surface area contributed by atoms with Gasteiger partial charge in [-0.25, -0.2) is 0 Å². The number of benzene rings is 2. The third-order valence-electron chi connectivity index (χ3n) is 3.68. The lowest BCUT2D eigenvalue weighted by atomic mass is 10.2. The van der Waals surface area contributed by atoms with Crippen LogP contribution in [-0.4, -0.2) is 11.4 Å². The van der Waals surface area contributed by atoms with Gasteiger partial charge in [0.25, 0.3) is 0 Å². The highest BCUT2D eigenvalue weighted by molar-refractivity contribution is 5.48. The topological polar surface area (TPSA) is 16.4 Å². The fourth-order valence-electron chi connectivity index (χ4n) is 2.55. The Labute approximate surface area is 137 Å². The van der Waals surface area contributed by atoms with E-state index in [1.165, 1.54) is 11.1 Å². The normalized spacial score (nSPS) is 11.3. The second-order valence-electron chi connectivity index (χ2n) is 5.55. The third kappa shape index (κ3) is 4.97. The van der Waals surface area contributed by atoms with Gasteiger partial charge in [0.1, 0.15) is 5.76 Å². The molecule has 3 rings (SSSR count). The Kier molecular flexibility index (Phi) is 5.43. The molecule has 0 saturated heterocycles. The fraction of sp³-hybridized carbons (Fsp3) is 0.143. The van der Waals surface area contributed by atoms with Gasteiger partial charge >= 0.3 is 0 Å². The first-order valence-corrected chi connectivity index (χ1v) is 7.90. The average molecular weight is 303 g/mol. The van der Waals surface area contributed by atoms with Crippen molar-refractivity contribution in [3.8, 4) is 0 Å². The largest absolute Gasteiger partial charge is 0.468 e. The molecular formula is C21H21NO. The van der Waals surface area contributed by atoms with Crippen LogP contribution in [0.2, 0.25) is 0 Å². The minimum atomic E-state index is 0.807. The van der Waals surface area contributed by atoms with E-state index in [4.69, 9.17) is 4.42 Å². The molecule has 2 heteroatoms. The van der Waals surface area contributed by atoms with Gasteiger partial charge in [0.05, 0.1) is 12.8 Å². The van der Waals surface area contributed by atoms with Gasteiger partial charge in [-0.05, 0) is 23.3 Å². The molecule has 0 atom stereocenters. The van der Waals surface area contributed by atoms with Gasteiger partial charge in [0.2, 0.25) is 0 Å². The third-order valence-corrected chi connectivity index (χ3v) is 3.68. The molecule has 0 aliphatic carbocycles. The van der Waals surface area contributed by atoms with Gasteiger partial charge in [0, 0.05) is 13.1 Å². The summed E-state index contributed by atoms with van der Waals surface area (Å²) in [5.74, 6) is 0.994. The summed E-state index contributed by atoms with van der Waals surface area (Å²) >= 11 is 0. The summed E-state index contributed by atoms with van der Waals surface area (Å²) in [5.41, 5.74) is 2.54. The number of hydrogen-bond donors (Lipinski definition) is 0. The van der Waals surface area contributed by atoms with Crippen LogP contribution < -0.4 is 0 Å². The van der Waals surface area contributed by atoms with Gasteiger partial charge in [-0.1, -0.05) is 72.8 Å². The molecule has 2 aromatic carbocycles. The van der Waals surface area contributed by atoms with Crippen molar-refractivity contribution in [2.24, 2.45) is 0 Å². The standard InChI is InChI=1S/C21H21NO/c1-3-9-19(10-4-1)13-7-15-22(18-21-14-8-16-23-21)17-20-11-5-2-6-12-20/h1-14,16H,15,17-18H2/b13-7+. The van der Waals surface area contributed by atoms with Crippen molar-refractivity contribution in [1.29, 1.82) is 0 Å². The van der Waals surface area contributed by atoms with Crippen molar-refractivity contribution in [3.05, 3.63) is 102 Å². The van der Waals surface area contributed by atoms with E-state index in [-0.39, 0.29) is 0 Å². The first-order chi connectivity index (χ1) is 11.4. The molecule has 116 valence electrons. The molecule has 0 aliphatic heterocycles. The second kappa shape index (κ2) is 8.16. The van der Waals surface area contributed by atoms with Crippen molar-refractivity contribution >= 4 is 6.08 Å². The van der Waals surface area contributed by atoms with Crippen LogP contribution >= 0.6 is 0 Å². The molecule has 2 nitrogen and oxygen atoms in total. The molecule has 0 unspecified atom stereocenters. The zero-order valence-corrected chi connectivity index (χ0v) is 13.1. The Bertz CT molecular complexity index is 702. The van der Waals surface area contributed by atoms with E-state index in [0.29, 0.717) is 0 Å². The van der Waals surface area contributed by atoms with E-state index < -0.39 is 0 Å². The molecular weight excluding hydrogens is 282 g/mol. The SMILES string of the molecule is C(=C\c1ccccc1)/CN(Cc1ccccc1)Cc1ccco1. The first-order valence-electron chi connectivity index (χ1n) is 7.90. The van der Waals surface area contributed by atoms with E-state index in [9.17, 15) is 0 Å². The number of nitrogens with zero attached hydrogens (tertiary/aromatic N) is 1. The number of furan rings is 1. The van der Waals surface area contributed by atoms with Crippen molar-refractivity contribution in [2.45, 2.75) is 13.1 Å². The van der Waals surface area contributed by atoms with Crippen molar-refractivity contribution in [3.63, 3.8) is 0 Å². The molecule has 0 radical (unpaired) electrons. The highest BCUT2D eigenvalue weighted by Crippen LogP contribution is 2.11. The van der Waals surface area contributed by atoms with Crippen LogP contribution in [0, 0.1) is 0 Å². The summed E-state index contributed by atoms with van der Waals surface area (Å²) in [6.07, 6.45) is 6.11. The summed E-state index contributed by atoms with van der Waals surface area (Å²) in [4.78, 5) is 2.37. The Balaban J connectivity index is 1.66. The quantitative estimate of drug-likeness (QED) is 0.611. The number of rotatable bonds is 7. The van der Waals surface area contributed by atoms with Gasteiger partial charge in [-0.3, -0.25) is 4.90 Å². The lowest BCUT2D eigenvalue weighted by Gasteiger charge is -2.19. The molecule has 0 spiro atoms. The minimum absolute atomic E-state index is 0.807. The molecule has 1 aromatic heterocycles. The zero-order chi connectivity index (χ0) is 15.7. The summed E-state index contributed by atoms with van der Waals surface area (Å²) < 4.78 is 5.50. The molecule has 0 N–H and O–H groups in total. The van der Waals surface area contributed by atoms with Crippen molar-refractivity contribution < 1.29 is 4.42 Å². The first kappa shape index (κ1) is 15.3. The summed E-state index contributed by atoms with van der Waals surface area (Å²) in [5, 5.41) is 0. The monoisotopic (exact) mass is 303 g/mol. The van der Waals surface area contributed by atoms with Gasteiger partial charge in [0.15, 0.2) is 0 Å². The lowest BCUT2D eigenvalue weighted by molar-refractivity contribution is 0.260. The van der Waals surface area contributed by atoms with Crippen LogP contribution in [0.5, 0.6) is 0 Å². The summed E-state index contributed by atoms with van der Waals surface area (Å²) in [6, 6.07) is 24.9. The maximum atomic E-state index is 5.50. The zero-order valence-electron chi connectivity index (χ0n) is 13.1. The summed E-state index contributed by atoms with van der Waals surface area (Å²) in [7, 11) is 0. The molecule has 3 aromatic rings. The molecule has 0 saturated carbocycles. The van der Waals surface area contributed by atoms with E-state index in [1.54, 1.807) is 6.26 Å². The predicted molar refractivity (Wildman–Crippen MR) is 94.7 cm³/mol. The van der Waals surface area contributed by atoms with Crippen molar-refractivity contribution in [2.75, 3.05) is 6.54 Å². The van der Waals surface area contributed by atoms with Crippen molar-refractivity contribution in [1.82, 2.24) is 4.90 Å². The highest BCUT2D eigenvalue weighted by Gasteiger charge is 2.07. The molecule has 0 aliphatic rings. The maximum absolute atomic E-state index is 5.50. The summed E-state index contributed by atoms with van der Waals surface area (Å²) in [6.45, 7) is 2.59. The van der Waals surface area contributed by atoms with E-state index >= 15 is 0 Å². The molecule has 0 amide bonds. The van der Waals surface area contributed by atoms with Crippen LogP contribution in [0.3, 0.4) is 0 Å². The van der Waals surface area contributed by atoms with Crippen LogP contribution in [0.1, 0.15) is 16.9 Å². The average Bonchev–Trinajstić information content (AvgIpc) is 3.10. The lowest BCUT2D eigenvalue weighted by Crippen LogP contribution is -2.22. The van der Waals surface area contributed by atoms with Crippen LogP contribution in [0.25, 0.3) is 6.08 Å². The van der Waals surface area contributed by atoms with E-state index in [1.807, 2.05) is 18.2 Å².